The number of nitrogens with one attached hydrogen (secondary N) is 1. The van der Waals surface area contributed by atoms with Gasteiger partial charge in [0.15, 0.2) is 0 Å². The molecule has 110 valence electrons. The van der Waals surface area contributed by atoms with E-state index in [4.69, 9.17) is 5.73 Å². The molecule has 0 aliphatic rings. The van der Waals surface area contributed by atoms with Crippen LogP contribution in [-0.4, -0.2) is 36.3 Å². The third kappa shape index (κ3) is 4.26. The molecular formula is C15H23N3O2. The fourth-order valence-electron chi connectivity index (χ4n) is 1.98. The van der Waals surface area contributed by atoms with E-state index in [-0.39, 0.29) is 24.3 Å². The average Bonchev–Trinajstić information content (AvgIpc) is 2.45. The molecule has 0 saturated carbocycles. The van der Waals surface area contributed by atoms with Crippen molar-refractivity contribution in [2.45, 2.75) is 26.7 Å². The van der Waals surface area contributed by atoms with Crippen LogP contribution >= 0.6 is 0 Å². The van der Waals surface area contributed by atoms with Gasteiger partial charge in [-0.25, -0.2) is 0 Å². The van der Waals surface area contributed by atoms with Crippen molar-refractivity contribution in [2.75, 3.05) is 25.4 Å². The molecule has 0 fully saturated rings. The van der Waals surface area contributed by atoms with E-state index in [0.29, 0.717) is 18.8 Å². The number of nitrogens with two attached hydrogens (primary N) is 1. The molecule has 0 radical (unpaired) electrons. The average molecular weight is 277 g/mol. The van der Waals surface area contributed by atoms with Crippen molar-refractivity contribution in [1.29, 1.82) is 0 Å². The maximum Gasteiger partial charge on any atom is 0.241 e. The normalized spacial score (nSPS) is 11.8. The number of benzene rings is 1. The molecule has 0 aliphatic carbocycles. The van der Waals surface area contributed by atoms with E-state index in [2.05, 4.69) is 5.32 Å². The Hall–Kier alpha value is -2.04. The van der Waals surface area contributed by atoms with Gasteiger partial charge in [0, 0.05) is 18.8 Å². The third-order valence-corrected chi connectivity index (χ3v) is 3.33. The number of nitrogen functional groups attached to an aromatic ring is 1. The number of anilines is 1. The van der Waals surface area contributed by atoms with E-state index in [1.54, 1.807) is 24.0 Å². The van der Waals surface area contributed by atoms with Crippen LogP contribution in [0.5, 0.6) is 0 Å². The second kappa shape index (κ2) is 7.53. The van der Waals surface area contributed by atoms with Crippen LogP contribution in [-0.2, 0) is 9.59 Å². The third-order valence-electron chi connectivity index (χ3n) is 3.33. The zero-order valence-electron chi connectivity index (χ0n) is 12.3. The van der Waals surface area contributed by atoms with E-state index >= 15 is 0 Å². The van der Waals surface area contributed by atoms with Gasteiger partial charge in [-0.15, -0.1) is 0 Å². The minimum absolute atomic E-state index is 0.0349. The highest BCUT2D eigenvalue weighted by Gasteiger charge is 2.17. The Balaban J connectivity index is 2.56. The molecule has 0 heterocycles. The molecule has 1 aromatic rings. The van der Waals surface area contributed by atoms with Crippen molar-refractivity contribution < 1.29 is 9.59 Å². The molecule has 1 aromatic carbocycles. The number of carbonyl (C=O) groups excluding carboxylic acids is 2. The van der Waals surface area contributed by atoms with Gasteiger partial charge in [0.25, 0.3) is 0 Å². The molecule has 1 rings (SSSR count). The van der Waals surface area contributed by atoms with Gasteiger partial charge in [-0.1, -0.05) is 12.1 Å². The molecular weight excluding hydrogens is 254 g/mol. The van der Waals surface area contributed by atoms with E-state index in [1.807, 2.05) is 26.0 Å². The Morgan fingerprint density at radius 1 is 1.30 bits per heavy atom. The van der Waals surface area contributed by atoms with Crippen molar-refractivity contribution in [1.82, 2.24) is 10.2 Å². The number of hydrogen-bond donors (Lipinski definition) is 2. The monoisotopic (exact) mass is 277 g/mol. The number of nitrogens with zero attached hydrogens (tertiary/aromatic N) is 1. The van der Waals surface area contributed by atoms with Gasteiger partial charge in [0.1, 0.15) is 0 Å². The van der Waals surface area contributed by atoms with Crippen LogP contribution < -0.4 is 11.1 Å². The predicted octanol–water partition coefficient (Wildman–Crippen LogP) is 1.36. The summed E-state index contributed by atoms with van der Waals surface area (Å²) >= 11 is 0. The summed E-state index contributed by atoms with van der Waals surface area (Å²) in [5.41, 5.74) is 7.17. The Bertz CT molecular complexity index is 470. The van der Waals surface area contributed by atoms with Gasteiger partial charge in [-0.05, 0) is 38.5 Å². The topological polar surface area (TPSA) is 75.4 Å². The summed E-state index contributed by atoms with van der Waals surface area (Å²) in [6, 6.07) is 7.22. The van der Waals surface area contributed by atoms with Crippen LogP contribution in [0.4, 0.5) is 5.69 Å². The molecule has 20 heavy (non-hydrogen) atoms. The highest BCUT2D eigenvalue weighted by atomic mass is 16.2. The first-order chi connectivity index (χ1) is 9.49. The molecule has 2 amide bonds. The van der Waals surface area contributed by atoms with Crippen LogP contribution in [0, 0.1) is 0 Å². The molecule has 0 bridgehead atoms. The number of carbonyl (C=O) groups is 2. The van der Waals surface area contributed by atoms with Crippen LogP contribution in [0.15, 0.2) is 24.3 Å². The van der Waals surface area contributed by atoms with Crippen LogP contribution in [0.2, 0.25) is 0 Å². The number of rotatable bonds is 6. The summed E-state index contributed by atoms with van der Waals surface area (Å²) < 4.78 is 0. The van der Waals surface area contributed by atoms with E-state index in [1.165, 1.54) is 0 Å². The minimum atomic E-state index is -0.331. The van der Waals surface area contributed by atoms with E-state index in [9.17, 15) is 9.59 Å². The molecule has 0 aliphatic heterocycles. The zero-order valence-corrected chi connectivity index (χ0v) is 12.3. The first kappa shape index (κ1) is 16.0. The molecule has 3 N–H and O–H groups in total. The molecule has 1 unspecified atom stereocenters. The van der Waals surface area contributed by atoms with Gasteiger partial charge < -0.3 is 16.0 Å². The maximum absolute atomic E-state index is 12.0. The molecule has 0 aromatic heterocycles. The lowest BCUT2D eigenvalue weighted by Gasteiger charge is -2.19. The Morgan fingerprint density at radius 2 is 1.95 bits per heavy atom. The van der Waals surface area contributed by atoms with Crippen molar-refractivity contribution in [3.05, 3.63) is 29.8 Å². The summed E-state index contributed by atoms with van der Waals surface area (Å²) in [4.78, 5) is 25.5. The Morgan fingerprint density at radius 3 is 2.50 bits per heavy atom. The van der Waals surface area contributed by atoms with Gasteiger partial charge in [-0.2, -0.15) is 0 Å². The fourth-order valence-corrected chi connectivity index (χ4v) is 1.98. The van der Waals surface area contributed by atoms with Crippen molar-refractivity contribution in [2.24, 2.45) is 0 Å². The van der Waals surface area contributed by atoms with Crippen LogP contribution in [0.1, 0.15) is 32.3 Å². The van der Waals surface area contributed by atoms with E-state index < -0.39 is 0 Å². The molecule has 5 nitrogen and oxygen atoms in total. The largest absolute Gasteiger partial charge is 0.399 e. The Labute approximate surface area is 120 Å². The highest BCUT2D eigenvalue weighted by molar-refractivity contribution is 5.88. The number of likely N-dealkylation sites (N-methyl/N-ethyl adjacent to an activating group) is 1. The fraction of sp³-hybridized carbons (Fsp3) is 0.467. The number of amides is 2. The molecule has 0 saturated heterocycles. The first-order valence-corrected chi connectivity index (χ1v) is 6.90. The summed E-state index contributed by atoms with van der Waals surface area (Å²) in [6.45, 7) is 6.96. The van der Waals surface area contributed by atoms with Crippen LogP contribution in [0.3, 0.4) is 0 Å². The number of hydrogen-bond acceptors (Lipinski definition) is 3. The van der Waals surface area contributed by atoms with Gasteiger partial charge in [0.2, 0.25) is 11.8 Å². The molecule has 0 spiro atoms. The van der Waals surface area contributed by atoms with Crippen molar-refractivity contribution in [3.63, 3.8) is 0 Å². The quantitative estimate of drug-likeness (QED) is 0.771. The summed E-state index contributed by atoms with van der Waals surface area (Å²) in [5, 5.41) is 2.68. The summed E-state index contributed by atoms with van der Waals surface area (Å²) in [5.74, 6) is -0.567. The zero-order chi connectivity index (χ0) is 15.1. The lowest BCUT2D eigenvalue weighted by atomic mass is 10.00. The first-order valence-electron chi connectivity index (χ1n) is 6.90. The molecule has 5 heteroatoms. The summed E-state index contributed by atoms with van der Waals surface area (Å²) in [6.07, 6.45) is 0. The van der Waals surface area contributed by atoms with Gasteiger partial charge >= 0.3 is 0 Å². The molecule has 1 atom stereocenters. The Kier molecular flexibility index (Phi) is 6.03. The van der Waals surface area contributed by atoms with Gasteiger partial charge in [0.05, 0.1) is 12.5 Å². The maximum atomic E-state index is 12.0. The SMILES string of the molecule is CCN(CC)C(=O)CNC(=O)C(C)c1cccc(N)c1. The predicted molar refractivity (Wildman–Crippen MR) is 80.2 cm³/mol. The lowest BCUT2D eigenvalue weighted by molar-refractivity contribution is -0.132. The summed E-state index contributed by atoms with van der Waals surface area (Å²) in [7, 11) is 0. The standard InChI is InChI=1S/C15H23N3O2/c1-4-18(5-2)14(19)10-17-15(20)11(3)12-7-6-8-13(16)9-12/h6-9,11H,4-5,10,16H2,1-3H3,(H,17,20). The smallest absolute Gasteiger partial charge is 0.241 e. The second-order valence-electron chi connectivity index (χ2n) is 4.68. The minimum Gasteiger partial charge on any atom is -0.399 e. The van der Waals surface area contributed by atoms with Crippen molar-refractivity contribution >= 4 is 17.5 Å². The lowest BCUT2D eigenvalue weighted by Crippen LogP contribution is -2.41. The van der Waals surface area contributed by atoms with Crippen molar-refractivity contribution in [3.8, 4) is 0 Å². The van der Waals surface area contributed by atoms with E-state index in [0.717, 1.165) is 5.56 Å². The van der Waals surface area contributed by atoms with Crippen LogP contribution in [0.25, 0.3) is 0 Å². The second-order valence-corrected chi connectivity index (χ2v) is 4.68. The van der Waals surface area contributed by atoms with Gasteiger partial charge in [-0.3, -0.25) is 9.59 Å². The highest BCUT2D eigenvalue weighted by Crippen LogP contribution is 2.17.